The largest absolute Gasteiger partial charge is 0.339 e. The zero-order valence-electron chi connectivity index (χ0n) is 14.1. The standard InChI is InChI=1S/C17H26N4O2/c1-12(2)15(20-16(22)14-8-4-5-9-19-14)17(23)21-10-6-7-13(11-21)18-3/h4-5,8-9,12-13,15,18H,6-7,10-11H2,1-3H3,(H,20,22). The van der Waals surface area contributed by atoms with Gasteiger partial charge in [0.1, 0.15) is 11.7 Å². The van der Waals surface area contributed by atoms with Crippen LogP contribution in [0.15, 0.2) is 24.4 Å². The van der Waals surface area contributed by atoms with Crippen molar-refractivity contribution in [2.45, 2.75) is 38.8 Å². The van der Waals surface area contributed by atoms with Gasteiger partial charge in [-0.05, 0) is 37.9 Å². The molecule has 2 unspecified atom stereocenters. The van der Waals surface area contributed by atoms with Gasteiger partial charge in [-0.15, -0.1) is 0 Å². The third-order valence-corrected chi connectivity index (χ3v) is 4.26. The maximum Gasteiger partial charge on any atom is 0.270 e. The lowest BCUT2D eigenvalue weighted by atomic mass is 9.99. The molecule has 23 heavy (non-hydrogen) atoms. The van der Waals surface area contributed by atoms with Gasteiger partial charge in [0.05, 0.1) is 0 Å². The number of nitrogens with one attached hydrogen (secondary N) is 2. The second-order valence-corrected chi connectivity index (χ2v) is 6.32. The number of nitrogens with zero attached hydrogens (tertiary/aromatic N) is 2. The van der Waals surface area contributed by atoms with Gasteiger partial charge in [0.25, 0.3) is 5.91 Å². The molecule has 2 amide bonds. The molecule has 2 rings (SSSR count). The molecule has 0 saturated carbocycles. The van der Waals surface area contributed by atoms with Crippen molar-refractivity contribution in [3.05, 3.63) is 30.1 Å². The molecule has 1 aliphatic heterocycles. The Labute approximate surface area is 137 Å². The van der Waals surface area contributed by atoms with E-state index in [0.29, 0.717) is 18.3 Å². The van der Waals surface area contributed by atoms with Crippen molar-refractivity contribution in [3.8, 4) is 0 Å². The molecule has 0 radical (unpaired) electrons. The maximum absolute atomic E-state index is 12.8. The number of pyridine rings is 1. The number of likely N-dealkylation sites (N-methyl/N-ethyl adjacent to an activating group) is 1. The average molecular weight is 318 g/mol. The fourth-order valence-corrected chi connectivity index (χ4v) is 2.84. The van der Waals surface area contributed by atoms with Crippen molar-refractivity contribution < 1.29 is 9.59 Å². The molecule has 1 aliphatic rings. The Kier molecular flexibility index (Phi) is 6.10. The minimum atomic E-state index is -0.528. The Balaban J connectivity index is 2.05. The summed E-state index contributed by atoms with van der Waals surface area (Å²) in [5.41, 5.74) is 0.331. The predicted molar refractivity (Wildman–Crippen MR) is 89.0 cm³/mol. The van der Waals surface area contributed by atoms with Gasteiger partial charge in [0, 0.05) is 25.3 Å². The van der Waals surface area contributed by atoms with Gasteiger partial charge in [-0.3, -0.25) is 14.6 Å². The molecule has 6 heteroatoms. The first-order chi connectivity index (χ1) is 11.0. The minimum Gasteiger partial charge on any atom is -0.339 e. The van der Waals surface area contributed by atoms with E-state index in [-0.39, 0.29) is 17.7 Å². The Bertz CT molecular complexity index is 533. The van der Waals surface area contributed by atoms with Crippen LogP contribution in [0.3, 0.4) is 0 Å². The number of carbonyl (C=O) groups excluding carboxylic acids is 2. The van der Waals surface area contributed by atoms with Crippen LogP contribution in [-0.4, -0.2) is 53.9 Å². The Hall–Kier alpha value is -1.95. The quantitative estimate of drug-likeness (QED) is 0.851. The van der Waals surface area contributed by atoms with Crippen molar-refractivity contribution >= 4 is 11.8 Å². The number of piperidine rings is 1. The van der Waals surface area contributed by atoms with Crippen molar-refractivity contribution in [2.24, 2.45) is 5.92 Å². The van der Waals surface area contributed by atoms with Gasteiger partial charge in [-0.25, -0.2) is 0 Å². The predicted octanol–water partition coefficient (Wildman–Crippen LogP) is 1.05. The highest BCUT2D eigenvalue weighted by atomic mass is 16.2. The highest BCUT2D eigenvalue weighted by molar-refractivity contribution is 5.96. The zero-order valence-corrected chi connectivity index (χ0v) is 14.1. The van der Waals surface area contributed by atoms with Crippen molar-refractivity contribution in [3.63, 3.8) is 0 Å². The van der Waals surface area contributed by atoms with E-state index < -0.39 is 6.04 Å². The van der Waals surface area contributed by atoms with Crippen LogP contribution in [0, 0.1) is 5.92 Å². The van der Waals surface area contributed by atoms with Crippen molar-refractivity contribution in [1.82, 2.24) is 20.5 Å². The summed E-state index contributed by atoms with van der Waals surface area (Å²) in [6, 6.07) is 4.96. The molecule has 1 saturated heterocycles. The number of hydrogen-bond donors (Lipinski definition) is 2. The van der Waals surface area contributed by atoms with Gasteiger partial charge < -0.3 is 15.5 Å². The fourth-order valence-electron chi connectivity index (χ4n) is 2.84. The second-order valence-electron chi connectivity index (χ2n) is 6.32. The summed E-state index contributed by atoms with van der Waals surface area (Å²) >= 11 is 0. The molecule has 1 aromatic heterocycles. The molecule has 0 spiro atoms. The summed E-state index contributed by atoms with van der Waals surface area (Å²) in [5.74, 6) is -0.297. The summed E-state index contributed by atoms with van der Waals surface area (Å²) < 4.78 is 0. The summed E-state index contributed by atoms with van der Waals surface area (Å²) in [7, 11) is 1.92. The van der Waals surface area contributed by atoms with Gasteiger partial charge >= 0.3 is 0 Å². The number of amides is 2. The maximum atomic E-state index is 12.8. The fraction of sp³-hybridized carbons (Fsp3) is 0.588. The van der Waals surface area contributed by atoms with Crippen LogP contribution < -0.4 is 10.6 Å². The van der Waals surface area contributed by atoms with Crippen molar-refractivity contribution in [2.75, 3.05) is 20.1 Å². The van der Waals surface area contributed by atoms with E-state index in [0.717, 1.165) is 19.4 Å². The number of aromatic nitrogens is 1. The zero-order chi connectivity index (χ0) is 16.8. The van der Waals surface area contributed by atoms with Crippen LogP contribution >= 0.6 is 0 Å². The summed E-state index contributed by atoms with van der Waals surface area (Å²) in [5, 5.41) is 6.08. The van der Waals surface area contributed by atoms with Crippen molar-refractivity contribution in [1.29, 1.82) is 0 Å². The molecule has 2 heterocycles. The van der Waals surface area contributed by atoms with Gasteiger partial charge in [0.15, 0.2) is 0 Å². The molecule has 1 fully saturated rings. The lowest BCUT2D eigenvalue weighted by Gasteiger charge is -2.36. The molecule has 2 N–H and O–H groups in total. The van der Waals surface area contributed by atoms with E-state index in [1.165, 1.54) is 0 Å². The Morgan fingerprint density at radius 1 is 1.35 bits per heavy atom. The third kappa shape index (κ3) is 4.51. The lowest BCUT2D eigenvalue weighted by Crippen LogP contribution is -2.55. The first-order valence-electron chi connectivity index (χ1n) is 8.21. The highest BCUT2D eigenvalue weighted by Gasteiger charge is 2.31. The molecular weight excluding hydrogens is 292 g/mol. The highest BCUT2D eigenvalue weighted by Crippen LogP contribution is 2.14. The Morgan fingerprint density at radius 3 is 2.74 bits per heavy atom. The number of carbonyl (C=O) groups is 2. The first kappa shape index (κ1) is 17.4. The van der Waals surface area contributed by atoms with Crippen LogP contribution in [0.4, 0.5) is 0 Å². The van der Waals surface area contributed by atoms with E-state index in [4.69, 9.17) is 0 Å². The normalized spacial score (nSPS) is 19.5. The Morgan fingerprint density at radius 2 is 2.13 bits per heavy atom. The molecule has 0 aliphatic carbocycles. The van der Waals surface area contributed by atoms with Gasteiger partial charge in [-0.1, -0.05) is 19.9 Å². The van der Waals surface area contributed by atoms with Gasteiger partial charge in [0.2, 0.25) is 5.91 Å². The molecule has 0 bridgehead atoms. The van der Waals surface area contributed by atoms with E-state index >= 15 is 0 Å². The monoisotopic (exact) mass is 318 g/mol. The molecular formula is C17H26N4O2. The molecule has 2 atom stereocenters. The van der Waals surface area contributed by atoms with E-state index in [9.17, 15) is 9.59 Å². The SMILES string of the molecule is CNC1CCCN(C(=O)C(NC(=O)c2ccccn2)C(C)C)C1. The molecule has 0 aromatic carbocycles. The topological polar surface area (TPSA) is 74.3 Å². The van der Waals surface area contributed by atoms with Gasteiger partial charge in [-0.2, -0.15) is 0 Å². The average Bonchev–Trinajstić information content (AvgIpc) is 2.59. The van der Waals surface area contributed by atoms with E-state index in [1.54, 1.807) is 24.4 Å². The minimum absolute atomic E-state index is 0.00997. The summed E-state index contributed by atoms with van der Waals surface area (Å²) in [4.78, 5) is 31.0. The van der Waals surface area contributed by atoms with Crippen LogP contribution in [0.1, 0.15) is 37.2 Å². The van der Waals surface area contributed by atoms with E-state index in [1.807, 2.05) is 25.8 Å². The lowest BCUT2D eigenvalue weighted by molar-refractivity contribution is -0.135. The smallest absolute Gasteiger partial charge is 0.270 e. The molecule has 126 valence electrons. The van der Waals surface area contributed by atoms with Crippen LogP contribution in [0.2, 0.25) is 0 Å². The molecule has 6 nitrogen and oxygen atoms in total. The first-order valence-corrected chi connectivity index (χ1v) is 8.21. The summed E-state index contributed by atoms with van der Waals surface area (Å²) in [6.45, 7) is 5.33. The molecule has 1 aromatic rings. The number of rotatable bonds is 5. The summed E-state index contributed by atoms with van der Waals surface area (Å²) in [6.07, 6.45) is 3.63. The van der Waals surface area contributed by atoms with E-state index in [2.05, 4.69) is 15.6 Å². The third-order valence-electron chi connectivity index (χ3n) is 4.26. The van der Waals surface area contributed by atoms with Crippen LogP contribution in [0.5, 0.6) is 0 Å². The van der Waals surface area contributed by atoms with Crippen LogP contribution in [0.25, 0.3) is 0 Å². The van der Waals surface area contributed by atoms with Crippen LogP contribution in [-0.2, 0) is 4.79 Å². The second kappa shape index (κ2) is 8.06. The number of hydrogen-bond acceptors (Lipinski definition) is 4. The number of likely N-dealkylation sites (tertiary alicyclic amines) is 1.